The van der Waals surface area contributed by atoms with Gasteiger partial charge in [0.25, 0.3) is 5.56 Å². The molecule has 3 atom stereocenters. The van der Waals surface area contributed by atoms with Gasteiger partial charge in [-0.2, -0.15) is 23.5 Å². The predicted octanol–water partition coefficient (Wildman–Crippen LogP) is 3.60. The summed E-state index contributed by atoms with van der Waals surface area (Å²) in [6, 6.07) is 7.40. The molecule has 1 aromatic carbocycles. The fourth-order valence-electron chi connectivity index (χ4n) is 4.03. The number of nitriles is 1. The number of nitrogens with two attached hydrogens (primary N) is 1. The molecule has 1 fully saturated rings. The van der Waals surface area contributed by atoms with Crippen molar-refractivity contribution in [2.45, 2.75) is 31.6 Å². The van der Waals surface area contributed by atoms with Crippen molar-refractivity contribution in [1.29, 1.82) is 5.26 Å². The number of ether oxygens (including phenoxy) is 1. The third-order valence-corrected chi connectivity index (χ3v) is 5.86. The molecule has 11 heteroatoms. The molecule has 0 saturated carbocycles. The topological polar surface area (TPSA) is 122 Å². The van der Waals surface area contributed by atoms with Gasteiger partial charge >= 0.3 is 6.18 Å². The zero-order chi connectivity index (χ0) is 23.6. The Balaban J connectivity index is 1.62. The molecule has 174 valence electrons. The number of nitrogens with zero attached hydrogens (tertiary/aromatic N) is 3. The van der Waals surface area contributed by atoms with Crippen LogP contribution in [0, 0.1) is 23.2 Å². The van der Waals surface area contributed by atoms with Gasteiger partial charge in [0.2, 0.25) is 0 Å². The molecule has 2 unspecified atom stereocenters. The lowest BCUT2D eigenvalue weighted by atomic mass is 9.89. The monoisotopic (exact) mass is 460 g/mol. The second-order valence-corrected chi connectivity index (χ2v) is 8.08. The van der Waals surface area contributed by atoms with E-state index in [0.717, 1.165) is 12.8 Å². The third-order valence-electron chi connectivity index (χ3n) is 5.86. The summed E-state index contributed by atoms with van der Waals surface area (Å²) >= 11 is 0. The molecule has 1 saturated heterocycles. The Kier molecular flexibility index (Phi) is 6.40. The number of benzene rings is 1. The van der Waals surface area contributed by atoms with E-state index < -0.39 is 12.2 Å². The summed E-state index contributed by atoms with van der Waals surface area (Å²) in [4.78, 5) is 15.1. The van der Waals surface area contributed by atoms with Crippen molar-refractivity contribution in [3.8, 4) is 6.07 Å². The minimum absolute atomic E-state index is 0.0757. The van der Waals surface area contributed by atoms with Crippen LogP contribution in [0.2, 0.25) is 0 Å². The Hall–Kier alpha value is -3.36. The molecule has 2 aromatic heterocycles. The van der Waals surface area contributed by atoms with Gasteiger partial charge in [0.15, 0.2) is 5.82 Å². The number of aromatic amines is 1. The molecule has 0 spiro atoms. The van der Waals surface area contributed by atoms with Gasteiger partial charge in [-0.25, -0.2) is 0 Å². The molecule has 1 aliphatic rings. The second-order valence-electron chi connectivity index (χ2n) is 8.08. The third kappa shape index (κ3) is 4.86. The Labute approximate surface area is 187 Å². The fraction of sp³-hybridized carbons (Fsp3) is 0.409. The summed E-state index contributed by atoms with van der Waals surface area (Å²) < 4.78 is 45.7. The van der Waals surface area contributed by atoms with Gasteiger partial charge in [-0.1, -0.05) is 12.1 Å². The summed E-state index contributed by atoms with van der Waals surface area (Å²) in [6.45, 7) is 1.48. The molecule has 0 radical (unpaired) electrons. The van der Waals surface area contributed by atoms with Crippen LogP contribution in [0.15, 0.2) is 41.3 Å². The van der Waals surface area contributed by atoms with Gasteiger partial charge in [0.05, 0.1) is 30.7 Å². The summed E-state index contributed by atoms with van der Waals surface area (Å²) in [5.41, 5.74) is 5.80. The van der Waals surface area contributed by atoms with Crippen molar-refractivity contribution in [3.05, 3.63) is 52.4 Å². The number of fused-ring (bicyclic) bond motifs is 1. The smallest absolute Gasteiger partial charge is 0.381 e. The number of alkyl halides is 3. The minimum Gasteiger partial charge on any atom is -0.381 e. The summed E-state index contributed by atoms with van der Waals surface area (Å²) in [6.07, 6.45) is -1.26. The van der Waals surface area contributed by atoms with Crippen molar-refractivity contribution in [1.82, 2.24) is 14.8 Å². The molecule has 3 heterocycles. The first-order chi connectivity index (χ1) is 15.8. The van der Waals surface area contributed by atoms with Gasteiger partial charge < -0.3 is 20.8 Å². The van der Waals surface area contributed by atoms with Crippen LogP contribution in [0.1, 0.15) is 24.4 Å². The highest BCUT2D eigenvalue weighted by Crippen LogP contribution is 2.32. The molecule has 3 aromatic rings. The zero-order valence-corrected chi connectivity index (χ0v) is 17.6. The largest absolute Gasteiger partial charge is 0.407 e. The van der Waals surface area contributed by atoms with Gasteiger partial charge in [-0.3, -0.25) is 9.48 Å². The van der Waals surface area contributed by atoms with E-state index in [2.05, 4.69) is 21.5 Å². The van der Waals surface area contributed by atoms with E-state index in [9.17, 15) is 23.2 Å². The number of anilines is 2. The van der Waals surface area contributed by atoms with Crippen molar-refractivity contribution >= 4 is 22.4 Å². The lowest BCUT2D eigenvalue weighted by Gasteiger charge is -2.26. The molecule has 33 heavy (non-hydrogen) atoms. The van der Waals surface area contributed by atoms with E-state index >= 15 is 0 Å². The van der Waals surface area contributed by atoms with Crippen molar-refractivity contribution < 1.29 is 17.9 Å². The zero-order valence-electron chi connectivity index (χ0n) is 17.6. The maximum atomic E-state index is 12.8. The fourth-order valence-corrected chi connectivity index (χ4v) is 4.03. The molecule has 0 bridgehead atoms. The Morgan fingerprint density at radius 1 is 1.33 bits per heavy atom. The maximum absolute atomic E-state index is 12.8. The van der Waals surface area contributed by atoms with Crippen molar-refractivity contribution in [3.63, 3.8) is 0 Å². The van der Waals surface area contributed by atoms with E-state index in [-0.39, 0.29) is 35.3 Å². The number of aromatic nitrogens is 3. The van der Waals surface area contributed by atoms with E-state index in [1.54, 1.807) is 10.7 Å². The molecule has 4 rings (SSSR count). The molecule has 1 aliphatic heterocycles. The van der Waals surface area contributed by atoms with Crippen LogP contribution in [0.25, 0.3) is 10.9 Å². The first-order valence-corrected chi connectivity index (χ1v) is 10.5. The number of rotatable bonds is 6. The number of nitrogens with one attached hydrogen (secondary N) is 2. The average molecular weight is 460 g/mol. The Morgan fingerprint density at radius 3 is 2.73 bits per heavy atom. The molecular weight excluding hydrogens is 437 g/mol. The van der Waals surface area contributed by atoms with Crippen molar-refractivity contribution in [2.75, 3.05) is 18.5 Å². The van der Waals surface area contributed by atoms with E-state index in [1.807, 2.05) is 0 Å². The first-order valence-electron chi connectivity index (χ1n) is 10.5. The normalized spacial score (nSPS) is 18.6. The van der Waals surface area contributed by atoms with Crippen LogP contribution >= 0.6 is 0 Å². The van der Waals surface area contributed by atoms with Crippen LogP contribution in [-0.2, 0) is 11.3 Å². The molecule has 0 aliphatic carbocycles. The summed E-state index contributed by atoms with van der Waals surface area (Å²) in [5, 5.41) is 17.5. The Bertz CT molecular complexity index is 1210. The number of H-pyrrole nitrogens is 1. The SMILES string of the molecule is N#CC(Cn1nc(Nc2ccc(C(N)C(F)(F)F)cc2)c2c(=O)[nH]ccc21)[C@H]1CCCOC1. The summed E-state index contributed by atoms with van der Waals surface area (Å²) in [5.74, 6) is -0.0215. The number of halogens is 3. The number of hydrogen-bond acceptors (Lipinski definition) is 6. The minimum atomic E-state index is -4.54. The number of hydrogen-bond donors (Lipinski definition) is 3. The van der Waals surface area contributed by atoms with E-state index in [1.165, 1.54) is 30.5 Å². The van der Waals surface area contributed by atoms with Gasteiger partial charge in [0, 0.05) is 18.5 Å². The van der Waals surface area contributed by atoms with Crippen LogP contribution in [0.4, 0.5) is 24.7 Å². The van der Waals surface area contributed by atoms with E-state index in [0.29, 0.717) is 29.8 Å². The lowest BCUT2D eigenvalue weighted by Crippen LogP contribution is -2.28. The molecular formula is C22H23F3N6O2. The lowest BCUT2D eigenvalue weighted by molar-refractivity contribution is -0.149. The highest BCUT2D eigenvalue weighted by molar-refractivity contribution is 5.91. The Morgan fingerprint density at radius 2 is 2.09 bits per heavy atom. The highest BCUT2D eigenvalue weighted by atomic mass is 19.4. The maximum Gasteiger partial charge on any atom is 0.407 e. The van der Waals surface area contributed by atoms with Crippen LogP contribution in [0.3, 0.4) is 0 Å². The molecule has 0 amide bonds. The molecule has 4 N–H and O–H groups in total. The van der Waals surface area contributed by atoms with Crippen LogP contribution in [-0.4, -0.2) is 34.2 Å². The van der Waals surface area contributed by atoms with Crippen LogP contribution in [0.5, 0.6) is 0 Å². The number of pyridine rings is 1. The standard InChI is InChI=1S/C22H23F3N6O2/c23-22(24,25)19(27)13-3-5-16(6-4-13)29-20-18-17(7-8-28-21(18)32)31(30-20)11-15(10-26)14-2-1-9-33-12-14/h3-8,14-15,19H,1-2,9,11-12,27H2,(H,28,32)(H,29,30)/t14-,15?,19?/m0/s1. The molecule has 8 nitrogen and oxygen atoms in total. The van der Waals surface area contributed by atoms with E-state index in [4.69, 9.17) is 10.5 Å². The van der Waals surface area contributed by atoms with Gasteiger partial charge in [-0.15, -0.1) is 0 Å². The highest BCUT2D eigenvalue weighted by Gasteiger charge is 2.37. The quantitative estimate of drug-likeness (QED) is 0.517. The van der Waals surface area contributed by atoms with Gasteiger partial charge in [0.1, 0.15) is 11.4 Å². The predicted molar refractivity (Wildman–Crippen MR) is 116 cm³/mol. The second kappa shape index (κ2) is 9.25. The average Bonchev–Trinajstić information content (AvgIpc) is 3.15. The van der Waals surface area contributed by atoms with Crippen molar-refractivity contribution in [2.24, 2.45) is 17.6 Å². The van der Waals surface area contributed by atoms with Crippen LogP contribution < -0.4 is 16.6 Å². The first kappa shape index (κ1) is 22.8. The van der Waals surface area contributed by atoms with Gasteiger partial charge in [-0.05, 0) is 42.5 Å². The summed E-state index contributed by atoms with van der Waals surface area (Å²) in [7, 11) is 0.